The van der Waals surface area contributed by atoms with Gasteiger partial charge in [-0.2, -0.15) is 5.10 Å². The quantitative estimate of drug-likeness (QED) is 0.844. The number of aliphatic carboxylic acids is 1. The van der Waals surface area contributed by atoms with Crippen molar-refractivity contribution < 1.29 is 14.7 Å². The zero-order valence-electron chi connectivity index (χ0n) is 15.1. The van der Waals surface area contributed by atoms with Gasteiger partial charge >= 0.3 is 5.97 Å². The minimum absolute atomic E-state index is 0.0726. The van der Waals surface area contributed by atoms with Crippen molar-refractivity contribution in [3.8, 4) is 0 Å². The Kier molecular flexibility index (Phi) is 5.62. The van der Waals surface area contributed by atoms with Crippen LogP contribution in [0.2, 0.25) is 0 Å². The lowest BCUT2D eigenvalue weighted by Crippen LogP contribution is -2.34. The number of benzene rings is 1. The summed E-state index contributed by atoms with van der Waals surface area (Å²) in [5.74, 6) is -1.90. The lowest BCUT2D eigenvalue weighted by molar-refractivity contribution is -0.141. The number of carboxylic acid groups (broad SMARTS) is 1. The number of nitrogens with zero attached hydrogens (tertiary/aromatic N) is 2. The number of aromatic nitrogens is 2. The molecule has 1 unspecified atom stereocenters. The summed E-state index contributed by atoms with van der Waals surface area (Å²) in [6.07, 6.45) is 1.90. The Morgan fingerprint density at radius 3 is 2.40 bits per heavy atom. The summed E-state index contributed by atoms with van der Waals surface area (Å²) in [5.41, 5.74) is 1.94. The molecule has 1 aromatic carbocycles. The molecule has 0 saturated heterocycles. The predicted molar refractivity (Wildman–Crippen MR) is 95.6 cm³/mol. The van der Waals surface area contributed by atoms with Crippen LogP contribution in [0.5, 0.6) is 0 Å². The Morgan fingerprint density at radius 2 is 1.88 bits per heavy atom. The first-order chi connectivity index (χ1) is 11.7. The summed E-state index contributed by atoms with van der Waals surface area (Å²) in [6, 6.07) is 9.40. The van der Waals surface area contributed by atoms with Crippen molar-refractivity contribution in [3.63, 3.8) is 0 Å². The molecular formula is C19H25N3O3. The molecule has 1 aromatic heterocycles. The van der Waals surface area contributed by atoms with Crippen LogP contribution in [0.25, 0.3) is 0 Å². The third kappa shape index (κ3) is 4.68. The van der Waals surface area contributed by atoms with E-state index in [0.29, 0.717) is 12.0 Å². The lowest BCUT2D eigenvalue weighted by atomic mass is 9.99. The van der Waals surface area contributed by atoms with E-state index >= 15 is 0 Å². The van der Waals surface area contributed by atoms with Gasteiger partial charge in [-0.15, -0.1) is 0 Å². The van der Waals surface area contributed by atoms with Crippen molar-refractivity contribution in [2.45, 2.75) is 39.7 Å². The first-order valence-corrected chi connectivity index (χ1v) is 8.30. The van der Waals surface area contributed by atoms with Gasteiger partial charge in [0.25, 0.3) is 5.91 Å². The zero-order chi connectivity index (χ0) is 18.6. The molecule has 25 heavy (non-hydrogen) atoms. The molecule has 0 bridgehead atoms. The molecule has 0 spiro atoms. The second-order valence-electron chi connectivity index (χ2n) is 7.16. The van der Waals surface area contributed by atoms with Crippen molar-refractivity contribution in [1.82, 2.24) is 15.1 Å². The molecule has 6 heteroatoms. The highest BCUT2D eigenvalue weighted by Gasteiger charge is 2.23. The minimum Gasteiger partial charge on any atom is -0.481 e. The standard InChI is InChI=1S/C19H25N3O3/c1-13-16(12-21-22(13)19(2,3)4)17(23)20-11-15(18(24)25)10-14-8-6-5-7-9-14/h5-9,12,15H,10-11H2,1-4H3,(H,20,23)(H,24,25). The monoisotopic (exact) mass is 343 g/mol. The molecule has 0 aliphatic carbocycles. The topological polar surface area (TPSA) is 84.2 Å². The minimum atomic E-state index is -0.925. The van der Waals surface area contributed by atoms with Gasteiger partial charge < -0.3 is 10.4 Å². The molecule has 1 atom stereocenters. The molecule has 0 aliphatic rings. The summed E-state index contributed by atoms with van der Waals surface area (Å²) in [7, 11) is 0. The van der Waals surface area contributed by atoms with E-state index in [2.05, 4.69) is 10.4 Å². The highest BCUT2D eigenvalue weighted by Crippen LogP contribution is 2.18. The highest BCUT2D eigenvalue weighted by atomic mass is 16.4. The lowest BCUT2D eigenvalue weighted by Gasteiger charge is -2.21. The largest absolute Gasteiger partial charge is 0.481 e. The van der Waals surface area contributed by atoms with E-state index in [9.17, 15) is 14.7 Å². The second kappa shape index (κ2) is 7.51. The van der Waals surface area contributed by atoms with Gasteiger partial charge in [0.15, 0.2) is 0 Å². The van der Waals surface area contributed by atoms with Gasteiger partial charge in [0, 0.05) is 12.2 Å². The van der Waals surface area contributed by atoms with Crippen LogP contribution < -0.4 is 5.32 Å². The molecule has 2 rings (SSSR count). The average Bonchev–Trinajstić information content (AvgIpc) is 2.93. The molecule has 1 amide bonds. The molecule has 2 aromatic rings. The maximum Gasteiger partial charge on any atom is 0.308 e. The Labute approximate surface area is 147 Å². The maximum absolute atomic E-state index is 12.4. The fraction of sp³-hybridized carbons (Fsp3) is 0.421. The van der Waals surface area contributed by atoms with Crippen LogP contribution in [0.3, 0.4) is 0 Å². The van der Waals surface area contributed by atoms with Crippen molar-refractivity contribution >= 4 is 11.9 Å². The molecule has 0 saturated carbocycles. The Bertz CT molecular complexity index is 745. The van der Waals surface area contributed by atoms with Crippen molar-refractivity contribution in [1.29, 1.82) is 0 Å². The molecule has 2 N–H and O–H groups in total. The predicted octanol–water partition coefficient (Wildman–Crippen LogP) is 2.62. The van der Waals surface area contributed by atoms with Gasteiger partial charge in [-0.1, -0.05) is 30.3 Å². The van der Waals surface area contributed by atoms with Crippen LogP contribution >= 0.6 is 0 Å². The van der Waals surface area contributed by atoms with Crippen molar-refractivity contribution in [3.05, 3.63) is 53.3 Å². The third-order valence-electron chi connectivity index (χ3n) is 4.07. The Hall–Kier alpha value is -2.63. The van der Waals surface area contributed by atoms with E-state index < -0.39 is 11.9 Å². The van der Waals surface area contributed by atoms with Crippen LogP contribution in [-0.4, -0.2) is 33.3 Å². The van der Waals surface area contributed by atoms with Gasteiger partial charge in [-0.25, -0.2) is 0 Å². The van der Waals surface area contributed by atoms with Crippen LogP contribution in [0.1, 0.15) is 42.4 Å². The second-order valence-corrected chi connectivity index (χ2v) is 7.16. The van der Waals surface area contributed by atoms with E-state index in [1.165, 1.54) is 6.20 Å². The van der Waals surface area contributed by atoms with E-state index in [-0.39, 0.29) is 18.0 Å². The molecule has 1 heterocycles. The fourth-order valence-electron chi connectivity index (χ4n) is 2.77. The zero-order valence-corrected chi connectivity index (χ0v) is 15.1. The van der Waals surface area contributed by atoms with Crippen LogP contribution in [0, 0.1) is 12.8 Å². The fourth-order valence-corrected chi connectivity index (χ4v) is 2.77. The summed E-state index contributed by atoms with van der Waals surface area (Å²) in [6.45, 7) is 7.94. The smallest absolute Gasteiger partial charge is 0.308 e. The maximum atomic E-state index is 12.4. The number of hydrogen-bond acceptors (Lipinski definition) is 3. The van der Waals surface area contributed by atoms with E-state index in [1.807, 2.05) is 58.0 Å². The SMILES string of the molecule is Cc1c(C(=O)NCC(Cc2ccccc2)C(=O)O)cnn1C(C)(C)C. The molecule has 6 nitrogen and oxygen atoms in total. The van der Waals surface area contributed by atoms with Crippen LogP contribution in [0.4, 0.5) is 0 Å². The third-order valence-corrected chi connectivity index (χ3v) is 4.07. The van der Waals surface area contributed by atoms with E-state index in [1.54, 1.807) is 4.68 Å². The van der Waals surface area contributed by atoms with E-state index in [4.69, 9.17) is 0 Å². The number of hydrogen-bond donors (Lipinski definition) is 2. The van der Waals surface area contributed by atoms with Gasteiger partial charge in [0.1, 0.15) is 0 Å². The number of carbonyl (C=O) groups is 2. The summed E-state index contributed by atoms with van der Waals surface area (Å²) in [5, 5.41) is 16.4. The summed E-state index contributed by atoms with van der Waals surface area (Å²) < 4.78 is 1.79. The molecule has 0 aliphatic heterocycles. The van der Waals surface area contributed by atoms with Gasteiger partial charge in [0.05, 0.1) is 23.2 Å². The first-order valence-electron chi connectivity index (χ1n) is 8.30. The van der Waals surface area contributed by atoms with Gasteiger partial charge in [0.2, 0.25) is 0 Å². The molecular weight excluding hydrogens is 318 g/mol. The highest BCUT2D eigenvalue weighted by molar-refractivity contribution is 5.95. The summed E-state index contributed by atoms with van der Waals surface area (Å²) in [4.78, 5) is 23.9. The number of carboxylic acids is 1. The van der Waals surface area contributed by atoms with E-state index in [0.717, 1.165) is 11.3 Å². The summed E-state index contributed by atoms with van der Waals surface area (Å²) >= 11 is 0. The number of amides is 1. The normalized spacial score (nSPS) is 12.6. The van der Waals surface area contributed by atoms with Gasteiger partial charge in [-0.3, -0.25) is 14.3 Å². The number of carbonyl (C=O) groups excluding carboxylic acids is 1. The van der Waals surface area contributed by atoms with Crippen LogP contribution in [0.15, 0.2) is 36.5 Å². The number of nitrogens with one attached hydrogen (secondary N) is 1. The number of rotatable bonds is 6. The first kappa shape index (κ1) is 18.7. The Balaban J connectivity index is 2.04. The molecule has 0 radical (unpaired) electrons. The molecule has 0 fully saturated rings. The van der Waals surface area contributed by atoms with Gasteiger partial charge in [-0.05, 0) is 39.7 Å². The van der Waals surface area contributed by atoms with Crippen molar-refractivity contribution in [2.75, 3.05) is 6.54 Å². The average molecular weight is 343 g/mol. The Morgan fingerprint density at radius 1 is 1.24 bits per heavy atom. The van der Waals surface area contributed by atoms with Crippen LogP contribution in [-0.2, 0) is 16.8 Å². The molecule has 134 valence electrons. The van der Waals surface area contributed by atoms with Crippen molar-refractivity contribution in [2.24, 2.45) is 5.92 Å².